The lowest BCUT2D eigenvalue weighted by atomic mass is 9.90. The summed E-state index contributed by atoms with van der Waals surface area (Å²) >= 11 is 0. The van der Waals surface area contributed by atoms with Crippen LogP contribution in [0, 0.1) is 5.92 Å². The van der Waals surface area contributed by atoms with Crippen molar-refractivity contribution in [1.82, 2.24) is 19.9 Å². The molecule has 0 atom stereocenters. The van der Waals surface area contributed by atoms with Crippen LogP contribution in [0.1, 0.15) is 31.7 Å². The van der Waals surface area contributed by atoms with Crippen LogP contribution in [0.5, 0.6) is 0 Å². The first kappa shape index (κ1) is 16.4. The van der Waals surface area contributed by atoms with E-state index in [0.717, 1.165) is 44.6 Å². The summed E-state index contributed by atoms with van der Waals surface area (Å²) in [6.45, 7) is 3.45. The Balaban J connectivity index is 1.51. The first-order chi connectivity index (χ1) is 11.7. The van der Waals surface area contributed by atoms with Gasteiger partial charge in [0.15, 0.2) is 0 Å². The van der Waals surface area contributed by atoms with E-state index >= 15 is 0 Å². The van der Waals surface area contributed by atoms with Gasteiger partial charge in [0, 0.05) is 38.6 Å². The van der Waals surface area contributed by atoms with Crippen molar-refractivity contribution in [3.05, 3.63) is 42.5 Å². The number of carbonyl (C=O) groups excluding carboxylic acids is 1. The Labute approximate surface area is 142 Å². The number of aromatic nitrogens is 3. The second-order valence-corrected chi connectivity index (χ2v) is 6.25. The van der Waals surface area contributed by atoms with E-state index in [0.29, 0.717) is 11.7 Å². The minimum Gasteiger partial charge on any atom is -0.343 e. The summed E-state index contributed by atoms with van der Waals surface area (Å²) in [5.74, 6) is 2.38. The Bertz CT molecular complexity index is 668. The number of pyridine rings is 1. The molecule has 1 fully saturated rings. The van der Waals surface area contributed by atoms with Gasteiger partial charge in [-0.3, -0.25) is 9.78 Å². The molecule has 2 aromatic heterocycles. The summed E-state index contributed by atoms with van der Waals surface area (Å²) in [4.78, 5) is 25.9. The predicted molar refractivity (Wildman–Crippen MR) is 92.9 cm³/mol. The van der Waals surface area contributed by atoms with Gasteiger partial charge in [-0.1, -0.05) is 0 Å². The third-order valence-corrected chi connectivity index (χ3v) is 4.54. The highest BCUT2D eigenvalue weighted by atomic mass is 16.2. The van der Waals surface area contributed by atoms with Crippen molar-refractivity contribution in [3.63, 3.8) is 0 Å². The van der Waals surface area contributed by atoms with Crippen LogP contribution in [0.2, 0.25) is 0 Å². The molecule has 0 unspecified atom stereocenters. The van der Waals surface area contributed by atoms with Crippen LogP contribution >= 0.6 is 0 Å². The third kappa shape index (κ3) is 4.50. The number of aryl methyl sites for hydroxylation is 1. The second-order valence-electron chi connectivity index (χ2n) is 6.25. The van der Waals surface area contributed by atoms with E-state index in [1.165, 1.54) is 5.56 Å². The van der Waals surface area contributed by atoms with Crippen molar-refractivity contribution in [1.29, 1.82) is 0 Å². The predicted octanol–water partition coefficient (Wildman–Crippen LogP) is 2.81. The molecule has 2 aromatic rings. The van der Waals surface area contributed by atoms with Crippen LogP contribution in [0.25, 0.3) is 0 Å². The molecule has 1 N–H and O–H groups in total. The molecule has 0 spiro atoms. The molecule has 6 heteroatoms. The number of carbonyl (C=O) groups is 1. The van der Waals surface area contributed by atoms with E-state index in [1.807, 2.05) is 11.1 Å². The van der Waals surface area contributed by atoms with Gasteiger partial charge in [-0.15, -0.1) is 0 Å². The molecule has 3 heterocycles. The zero-order valence-electron chi connectivity index (χ0n) is 14.0. The van der Waals surface area contributed by atoms with Gasteiger partial charge in [-0.2, -0.15) is 0 Å². The van der Waals surface area contributed by atoms with Gasteiger partial charge in [0.05, 0.1) is 6.20 Å². The van der Waals surface area contributed by atoms with Gasteiger partial charge in [-0.25, -0.2) is 9.97 Å². The molecule has 126 valence electrons. The number of nitrogens with zero attached hydrogens (tertiary/aromatic N) is 4. The maximum Gasteiger partial charge on any atom is 0.219 e. The maximum atomic E-state index is 11.4. The zero-order valence-corrected chi connectivity index (χ0v) is 14.0. The van der Waals surface area contributed by atoms with Crippen LogP contribution in [0.3, 0.4) is 0 Å². The summed E-state index contributed by atoms with van der Waals surface area (Å²) in [6, 6.07) is 4.13. The molecule has 1 aliphatic heterocycles. The Morgan fingerprint density at radius 2 is 2.00 bits per heavy atom. The minimum absolute atomic E-state index is 0.197. The Hall–Kier alpha value is -2.50. The van der Waals surface area contributed by atoms with Crippen molar-refractivity contribution in [2.45, 2.75) is 32.6 Å². The molecule has 0 saturated carbocycles. The smallest absolute Gasteiger partial charge is 0.219 e. The minimum atomic E-state index is 0.197. The fourth-order valence-electron chi connectivity index (χ4n) is 3.10. The maximum absolute atomic E-state index is 11.4. The van der Waals surface area contributed by atoms with E-state index in [9.17, 15) is 4.79 Å². The summed E-state index contributed by atoms with van der Waals surface area (Å²) < 4.78 is 0. The molecule has 6 nitrogen and oxygen atoms in total. The normalized spacial score (nSPS) is 15.3. The average molecular weight is 325 g/mol. The lowest BCUT2D eigenvalue weighted by molar-refractivity contribution is -0.130. The van der Waals surface area contributed by atoms with Gasteiger partial charge in [0.2, 0.25) is 5.91 Å². The van der Waals surface area contributed by atoms with Crippen LogP contribution in [-0.4, -0.2) is 38.8 Å². The quantitative estimate of drug-likeness (QED) is 0.915. The number of hydrogen-bond acceptors (Lipinski definition) is 5. The molecular formula is C18H23N5O. The van der Waals surface area contributed by atoms with E-state index in [4.69, 9.17) is 0 Å². The molecule has 0 aliphatic carbocycles. The summed E-state index contributed by atoms with van der Waals surface area (Å²) in [5.41, 5.74) is 1.27. The van der Waals surface area contributed by atoms with E-state index in [-0.39, 0.29) is 5.91 Å². The highest BCUT2D eigenvalue weighted by Crippen LogP contribution is 2.23. The Morgan fingerprint density at radius 3 is 2.71 bits per heavy atom. The van der Waals surface area contributed by atoms with Crippen LogP contribution in [0.15, 0.2) is 36.9 Å². The lowest BCUT2D eigenvalue weighted by Crippen LogP contribution is -2.37. The van der Waals surface area contributed by atoms with Gasteiger partial charge in [0.1, 0.15) is 11.6 Å². The van der Waals surface area contributed by atoms with Crippen molar-refractivity contribution >= 4 is 17.5 Å². The average Bonchev–Trinajstić information content (AvgIpc) is 2.61. The van der Waals surface area contributed by atoms with Crippen molar-refractivity contribution in [2.24, 2.45) is 5.92 Å². The standard InChI is InChI=1S/C18H23N5O/c1-14(24)23-10-5-15(6-11-23)2-3-16-4-7-20-17(12-16)22-18-13-19-8-9-21-18/h4,7-9,12-13,15H,2-3,5-6,10-11H2,1H3,(H,20,21,22). The topological polar surface area (TPSA) is 71.0 Å². The second kappa shape index (κ2) is 7.86. The van der Waals surface area contributed by atoms with E-state index < -0.39 is 0 Å². The lowest BCUT2D eigenvalue weighted by Gasteiger charge is -2.31. The Morgan fingerprint density at radius 1 is 1.21 bits per heavy atom. The summed E-state index contributed by atoms with van der Waals surface area (Å²) in [5, 5.41) is 3.17. The van der Waals surface area contributed by atoms with Crippen molar-refractivity contribution in [3.8, 4) is 0 Å². The van der Waals surface area contributed by atoms with Gasteiger partial charge in [0.25, 0.3) is 0 Å². The number of likely N-dealkylation sites (tertiary alicyclic amines) is 1. The molecule has 1 amide bonds. The van der Waals surface area contributed by atoms with E-state index in [1.54, 1.807) is 25.5 Å². The summed E-state index contributed by atoms with van der Waals surface area (Å²) in [6.07, 6.45) is 11.2. The van der Waals surface area contributed by atoms with Crippen molar-refractivity contribution < 1.29 is 4.79 Å². The molecule has 0 radical (unpaired) electrons. The number of nitrogens with one attached hydrogen (secondary N) is 1. The molecule has 3 rings (SSSR count). The first-order valence-corrected chi connectivity index (χ1v) is 8.44. The molecular weight excluding hydrogens is 302 g/mol. The highest BCUT2D eigenvalue weighted by molar-refractivity contribution is 5.73. The third-order valence-electron chi connectivity index (χ3n) is 4.54. The SMILES string of the molecule is CC(=O)N1CCC(CCc2ccnc(Nc3cnccn3)c2)CC1. The first-order valence-electron chi connectivity index (χ1n) is 8.44. The van der Waals surface area contributed by atoms with Crippen LogP contribution in [0.4, 0.5) is 11.6 Å². The zero-order chi connectivity index (χ0) is 16.8. The number of amides is 1. The fourth-order valence-corrected chi connectivity index (χ4v) is 3.10. The van der Waals surface area contributed by atoms with Crippen LogP contribution in [-0.2, 0) is 11.2 Å². The molecule has 0 aromatic carbocycles. The molecule has 1 aliphatic rings. The monoisotopic (exact) mass is 325 g/mol. The Kier molecular flexibility index (Phi) is 5.36. The molecule has 1 saturated heterocycles. The largest absolute Gasteiger partial charge is 0.343 e. The van der Waals surface area contributed by atoms with E-state index in [2.05, 4.69) is 32.4 Å². The number of piperidine rings is 1. The fraction of sp³-hybridized carbons (Fsp3) is 0.444. The highest BCUT2D eigenvalue weighted by Gasteiger charge is 2.20. The number of rotatable bonds is 5. The van der Waals surface area contributed by atoms with Gasteiger partial charge < -0.3 is 10.2 Å². The van der Waals surface area contributed by atoms with Gasteiger partial charge in [-0.05, 0) is 49.3 Å². The van der Waals surface area contributed by atoms with Crippen LogP contribution < -0.4 is 5.32 Å². The number of hydrogen-bond donors (Lipinski definition) is 1. The van der Waals surface area contributed by atoms with Crippen molar-refractivity contribution in [2.75, 3.05) is 18.4 Å². The van der Waals surface area contributed by atoms with Gasteiger partial charge >= 0.3 is 0 Å². The molecule has 24 heavy (non-hydrogen) atoms. The molecule has 0 bridgehead atoms. The number of anilines is 2. The summed E-state index contributed by atoms with van der Waals surface area (Å²) in [7, 11) is 0.